The summed E-state index contributed by atoms with van der Waals surface area (Å²) in [5, 5.41) is 4.17. The van der Waals surface area contributed by atoms with E-state index in [2.05, 4.69) is 151 Å². The van der Waals surface area contributed by atoms with Crippen molar-refractivity contribution in [3.8, 4) is 16.9 Å². The second-order valence-electron chi connectivity index (χ2n) is 9.61. The molecular formula is C35H31NOP+. The van der Waals surface area contributed by atoms with Crippen molar-refractivity contribution >= 4 is 28.7 Å². The topological polar surface area (TPSA) is 13.6 Å². The van der Waals surface area contributed by atoms with Gasteiger partial charge in [0.25, 0.3) is 0 Å². The molecule has 0 N–H and O–H groups in total. The van der Waals surface area contributed by atoms with Gasteiger partial charge in [-0.2, -0.15) is 0 Å². The van der Waals surface area contributed by atoms with Crippen molar-refractivity contribution in [2.75, 3.05) is 7.11 Å². The van der Waals surface area contributed by atoms with Crippen molar-refractivity contribution in [2.24, 2.45) is 0 Å². The van der Waals surface area contributed by atoms with Gasteiger partial charge in [0.2, 0.25) is 0 Å². The predicted molar refractivity (Wildman–Crippen MR) is 163 cm³/mol. The van der Waals surface area contributed by atoms with Gasteiger partial charge in [0.1, 0.15) is 35.1 Å². The molecule has 6 rings (SSSR count). The number of nitrogens with zero attached hydrogens (tertiary/aromatic N) is 1. The van der Waals surface area contributed by atoms with Crippen LogP contribution in [0.2, 0.25) is 0 Å². The Labute approximate surface area is 225 Å². The molecule has 4 aromatic carbocycles. The first kappa shape index (κ1) is 24.2. The van der Waals surface area contributed by atoms with Crippen LogP contribution in [-0.4, -0.2) is 11.5 Å². The highest BCUT2D eigenvalue weighted by molar-refractivity contribution is 7.95. The minimum absolute atomic E-state index is 0.872. The first-order chi connectivity index (χ1) is 18.7. The van der Waals surface area contributed by atoms with Crippen molar-refractivity contribution in [1.29, 1.82) is 0 Å². The molecule has 0 aliphatic carbocycles. The average molecular weight is 513 g/mol. The van der Waals surface area contributed by atoms with E-state index in [1.807, 2.05) is 0 Å². The van der Waals surface area contributed by atoms with E-state index < -0.39 is 7.26 Å². The number of methoxy groups -OCH3 is 1. The van der Waals surface area contributed by atoms with Crippen LogP contribution in [0, 0.1) is 6.92 Å². The van der Waals surface area contributed by atoms with E-state index in [1.165, 1.54) is 43.8 Å². The van der Waals surface area contributed by atoms with Crippen LogP contribution in [0.1, 0.15) is 11.3 Å². The summed E-state index contributed by atoms with van der Waals surface area (Å²) in [4.78, 5) is 0. The molecule has 0 bridgehead atoms. The Morgan fingerprint density at radius 1 is 0.605 bits per heavy atom. The molecule has 0 saturated heterocycles. The summed E-state index contributed by atoms with van der Waals surface area (Å²) in [5.74, 6) is 0.872. The molecule has 0 aliphatic rings. The molecule has 38 heavy (non-hydrogen) atoms. The molecule has 2 aromatic heterocycles. The number of hydrogen-bond donors (Lipinski definition) is 0. The Morgan fingerprint density at radius 3 is 1.61 bits per heavy atom. The van der Waals surface area contributed by atoms with Gasteiger partial charge in [-0.05, 0) is 78.7 Å². The highest BCUT2D eigenvalue weighted by Crippen LogP contribution is 2.59. The van der Waals surface area contributed by atoms with Gasteiger partial charge >= 0.3 is 0 Å². The van der Waals surface area contributed by atoms with Gasteiger partial charge in [-0.1, -0.05) is 72.8 Å². The zero-order valence-electron chi connectivity index (χ0n) is 21.8. The number of hydrogen-bond acceptors (Lipinski definition) is 1. The minimum atomic E-state index is -2.07. The number of fused-ring (bicyclic) bond motifs is 1. The SMILES string of the molecule is COc1ccc(-c2c(C)c3ccccn3c2C[P+](c2ccccc2)(c2ccccc2)c2ccccc2)cc1. The molecule has 0 aliphatic heterocycles. The highest BCUT2D eigenvalue weighted by Gasteiger charge is 2.46. The number of ether oxygens (including phenoxy) is 1. The van der Waals surface area contributed by atoms with Crippen LogP contribution in [0.5, 0.6) is 5.75 Å². The summed E-state index contributed by atoms with van der Waals surface area (Å²) in [5.41, 5.74) is 6.42. The van der Waals surface area contributed by atoms with E-state index in [-0.39, 0.29) is 0 Å². The Bertz CT molecular complexity index is 1560. The predicted octanol–water partition coefficient (Wildman–Crippen LogP) is 7.42. The molecule has 0 radical (unpaired) electrons. The summed E-state index contributed by atoms with van der Waals surface area (Å²) in [6.45, 7) is 2.26. The molecule has 0 saturated carbocycles. The van der Waals surface area contributed by atoms with Crippen LogP contribution in [0.3, 0.4) is 0 Å². The fourth-order valence-corrected chi connectivity index (χ4v) is 9.98. The van der Waals surface area contributed by atoms with E-state index in [1.54, 1.807) is 7.11 Å². The molecule has 2 nitrogen and oxygen atoms in total. The first-order valence-corrected chi connectivity index (χ1v) is 15.0. The van der Waals surface area contributed by atoms with Gasteiger partial charge in [0, 0.05) is 17.3 Å². The summed E-state index contributed by atoms with van der Waals surface area (Å²) in [7, 11) is -0.355. The second-order valence-corrected chi connectivity index (χ2v) is 13.1. The third-order valence-corrected chi connectivity index (χ3v) is 11.9. The fraction of sp³-hybridized carbons (Fsp3) is 0.0857. The molecule has 0 unspecified atom stereocenters. The third-order valence-electron chi connectivity index (χ3n) is 7.55. The maximum Gasteiger partial charge on any atom is 0.118 e. The van der Waals surface area contributed by atoms with Crippen molar-refractivity contribution in [3.05, 3.63) is 151 Å². The molecule has 0 fully saturated rings. The first-order valence-electron chi connectivity index (χ1n) is 13.0. The lowest BCUT2D eigenvalue weighted by Gasteiger charge is -2.28. The van der Waals surface area contributed by atoms with Crippen molar-refractivity contribution in [2.45, 2.75) is 13.1 Å². The van der Waals surface area contributed by atoms with Crippen LogP contribution in [-0.2, 0) is 6.16 Å². The summed E-state index contributed by atoms with van der Waals surface area (Å²) < 4.78 is 7.89. The summed E-state index contributed by atoms with van der Waals surface area (Å²) in [6.07, 6.45) is 3.13. The van der Waals surface area contributed by atoms with Crippen molar-refractivity contribution < 1.29 is 4.74 Å². The van der Waals surface area contributed by atoms with Gasteiger partial charge in [-0.25, -0.2) is 0 Å². The zero-order chi connectivity index (χ0) is 26.0. The van der Waals surface area contributed by atoms with E-state index in [9.17, 15) is 0 Å². The largest absolute Gasteiger partial charge is 0.497 e. The number of aryl methyl sites for hydroxylation is 1. The van der Waals surface area contributed by atoms with Crippen LogP contribution in [0.25, 0.3) is 16.6 Å². The van der Waals surface area contributed by atoms with Crippen LogP contribution in [0.4, 0.5) is 0 Å². The number of aromatic nitrogens is 1. The maximum atomic E-state index is 5.48. The van der Waals surface area contributed by atoms with Crippen molar-refractivity contribution in [1.82, 2.24) is 4.40 Å². The van der Waals surface area contributed by atoms with Crippen LogP contribution in [0.15, 0.2) is 140 Å². The lowest BCUT2D eigenvalue weighted by atomic mass is 10.0. The Kier molecular flexibility index (Phi) is 6.58. The van der Waals surface area contributed by atoms with Gasteiger partial charge < -0.3 is 9.14 Å². The molecular weight excluding hydrogens is 481 g/mol. The smallest absolute Gasteiger partial charge is 0.118 e. The Balaban J connectivity index is 1.68. The minimum Gasteiger partial charge on any atom is -0.497 e. The van der Waals surface area contributed by atoms with Crippen LogP contribution >= 0.6 is 7.26 Å². The van der Waals surface area contributed by atoms with Gasteiger partial charge in [-0.3, -0.25) is 0 Å². The van der Waals surface area contributed by atoms with Gasteiger partial charge in [0.15, 0.2) is 0 Å². The normalized spacial score (nSPS) is 11.5. The summed E-state index contributed by atoms with van der Waals surface area (Å²) >= 11 is 0. The number of pyridine rings is 1. The fourth-order valence-electron chi connectivity index (χ4n) is 5.74. The molecule has 6 aromatic rings. The molecule has 0 amide bonds. The standard InChI is InChI=1S/C35H31NOP/c1-27-33-20-12-13-25-36(33)34(35(27)28-21-23-29(37-2)24-22-28)26-38(30-14-6-3-7-15-30,31-16-8-4-9-17-31)32-18-10-5-11-19-32/h3-25H,26H2,1-2H3/q+1. The number of rotatable bonds is 7. The van der Waals surface area contributed by atoms with E-state index in [0.29, 0.717) is 0 Å². The molecule has 186 valence electrons. The molecule has 0 spiro atoms. The van der Waals surface area contributed by atoms with E-state index >= 15 is 0 Å². The lowest BCUT2D eigenvalue weighted by molar-refractivity contribution is 0.415. The molecule has 2 heterocycles. The maximum absolute atomic E-state index is 5.48. The van der Waals surface area contributed by atoms with E-state index in [0.717, 1.165) is 11.9 Å². The highest BCUT2D eigenvalue weighted by atomic mass is 31.2. The van der Waals surface area contributed by atoms with Crippen LogP contribution < -0.4 is 20.7 Å². The van der Waals surface area contributed by atoms with Gasteiger partial charge in [-0.15, -0.1) is 0 Å². The molecule has 3 heteroatoms. The third kappa shape index (κ3) is 4.12. The van der Waals surface area contributed by atoms with Gasteiger partial charge in [0.05, 0.1) is 12.8 Å². The molecule has 0 atom stereocenters. The summed E-state index contributed by atoms with van der Waals surface area (Å²) in [6, 6.07) is 48.4. The second kappa shape index (κ2) is 10.3. The Morgan fingerprint density at radius 2 is 1.11 bits per heavy atom. The quantitative estimate of drug-likeness (QED) is 0.203. The average Bonchev–Trinajstić information content (AvgIpc) is 3.28. The van der Waals surface area contributed by atoms with E-state index in [4.69, 9.17) is 4.74 Å². The van der Waals surface area contributed by atoms with Crippen molar-refractivity contribution in [3.63, 3.8) is 0 Å². The number of benzene rings is 4. The lowest BCUT2D eigenvalue weighted by Crippen LogP contribution is -2.32. The monoisotopic (exact) mass is 512 g/mol. The zero-order valence-corrected chi connectivity index (χ0v) is 22.7. The Hall–Kier alpha value is -4.13.